The second-order valence-electron chi connectivity index (χ2n) is 9.95. The number of para-hydroxylation sites is 1. The van der Waals surface area contributed by atoms with Gasteiger partial charge in [-0.05, 0) is 30.5 Å². The largest absolute Gasteiger partial charge is 0.625 e. The number of halogens is 3. The molecule has 43 heavy (non-hydrogen) atoms. The minimum Gasteiger partial charge on any atom is -0.625 e. The molecular weight excluding hydrogens is 610 g/mol. The molecule has 0 radical (unpaired) electrons. The number of aliphatic carboxylic acids is 2. The Bertz CT molecular complexity index is 1440. The second-order valence-corrected chi connectivity index (χ2v) is 9.95. The molecule has 8 nitrogen and oxygen atoms in total. The van der Waals surface area contributed by atoms with Crippen LogP contribution in [0.3, 0.4) is 0 Å². The molecule has 12 heteroatoms. The van der Waals surface area contributed by atoms with E-state index < -0.39 is 48.4 Å². The van der Waals surface area contributed by atoms with Crippen LogP contribution < -0.4 is 0 Å². The maximum absolute atomic E-state index is 13.9. The zero-order valence-corrected chi connectivity index (χ0v) is 23.7. The number of aliphatic imine (C=N–C) groups is 1. The summed E-state index contributed by atoms with van der Waals surface area (Å²) >= 11 is 0. The van der Waals surface area contributed by atoms with Gasteiger partial charge in [0.15, 0.2) is 6.04 Å². The molecule has 1 aliphatic rings. The third kappa shape index (κ3) is 8.75. The Morgan fingerprint density at radius 1 is 0.930 bits per heavy atom. The van der Waals surface area contributed by atoms with E-state index in [0.717, 1.165) is 12.0 Å². The smallest absolute Gasteiger partial charge is 0.395 e. The zero-order chi connectivity index (χ0) is 30.3. The van der Waals surface area contributed by atoms with E-state index in [0.29, 0.717) is 19.5 Å². The SMILES string of the molecule is O=C(O)CC(C(N=C(c1ccccc1)c1ccccc1[N-]C(=O)C1CCCN1Cc1ccccc1)C(=O)O)C(F)(F)F.[Ni]. The van der Waals surface area contributed by atoms with Crippen molar-refractivity contribution in [2.24, 2.45) is 10.9 Å². The van der Waals surface area contributed by atoms with Crippen LogP contribution >= 0.6 is 0 Å². The summed E-state index contributed by atoms with van der Waals surface area (Å²) in [6.07, 6.45) is -5.26. The summed E-state index contributed by atoms with van der Waals surface area (Å²) in [4.78, 5) is 42.9. The van der Waals surface area contributed by atoms with Crippen LogP contribution in [0.1, 0.15) is 36.0 Å². The van der Waals surface area contributed by atoms with Gasteiger partial charge < -0.3 is 20.3 Å². The van der Waals surface area contributed by atoms with Gasteiger partial charge in [-0.25, -0.2) is 4.79 Å². The fourth-order valence-electron chi connectivity index (χ4n) is 5.02. The van der Waals surface area contributed by atoms with Crippen molar-refractivity contribution in [1.82, 2.24) is 4.90 Å². The van der Waals surface area contributed by atoms with Crippen molar-refractivity contribution in [1.29, 1.82) is 0 Å². The minimum atomic E-state index is -5.16. The molecule has 4 rings (SSSR count). The fourth-order valence-corrected chi connectivity index (χ4v) is 5.02. The molecular formula is C31H29F3N3NiO5-. The Balaban J connectivity index is 0.00000506. The number of benzene rings is 3. The summed E-state index contributed by atoms with van der Waals surface area (Å²) in [6.45, 7) is 1.25. The van der Waals surface area contributed by atoms with Gasteiger partial charge in [-0.15, -0.1) is 5.69 Å². The number of carboxylic acid groups (broad SMARTS) is 2. The summed E-state index contributed by atoms with van der Waals surface area (Å²) < 4.78 is 41.7. The Morgan fingerprint density at radius 3 is 2.14 bits per heavy atom. The predicted molar refractivity (Wildman–Crippen MR) is 150 cm³/mol. The number of rotatable bonds is 11. The Morgan fingerprint density at radius 2 is 1.53 bits per heavy atom. The van der Waals surface area contributed by atoms with Crippen LogP contribution in [0.4, 0.5) is 18.9 Å². The van der Waals surface area contributed by atoms with Crippen LogP contribution in [0.2, 0.25) is 0 Å². The summed E-state index contributed by atoms with van der Waals surface area (Å²) in [7, 11) is 0. The van der Waals surface area contributed by atoms with E-state index in [4.69, 9.17) is 5.11 Å². The Kier molecular flexibility index (Phi) is 11.6. The molecule has 3 atom stereocenters. The molecule has 3 aromatic rings. The molecule has 0 aromatic heterocycles. The molecule has 230 valence electrons. The molecule has 3 aromatic carbocycles. The number of hydrogen-bond donors (Lipinski definition) is 2. The van der Waals surface area contributed by atoms with Crippen LogP contribution in [0.5, 0.6) is 0 Å². The van der Waals surface area contributed by atoms with Crippen LogP contribution in [0.25, 0.3) is 5.32 Å². The fraction of sp³-hybridized carbons (Fsp3) is 0.290. The molecule has 1 amide bonds. The molecule has 0 saturated carbocycles. The first-order valence-electron chi connectivity index (χ1n) is 13.3. The van der Waals surface area contributed by atoms with Gasteiger partial charge in [-0.2, -0.15) is 13.2 Å². The van der Waals surface area contributed by atoms with E-state index in [9.17, 15) is 32.7 Å². The number of likely N-dealkylation sites (tertiary alicyclic amines) is 1. The van der Waals surface area contributed by atoms with Crippen LogP contribution in [-0.4, -0.2) is 63.5 Å². The van der Waals surface area contributed by atoms with E-state index in [1.807, 2.05) is 35.2 Å². The predicted octanol–water partition coefficient (Wildman–Crippen LogP) is 5.82. The maximum atomic E-state index is 13.9. The van der Waals surface area contributed by atoms with Crippen molar-refractivity contribution in [2.45, 2.75) is 44.1 Å². The first kappa shape index (κ1) is 33.5. The molecule has 0 aliphatic carbocycles. The van der Waals surface area contributed by atoms with E-state index in [1.165, 1.54) is 24.3 Å². The van der Waals surface area contributed by atoms with Crippen molar-refractivity contribution in [3.05, 3.63) is 107 Å². The second kappa shape index (κ2) is 14.9. The summed E-state index contributed by atoms with van der Waals surface area (Å²) in [5.41, 5.74) is 1.43. The van der Waals surface area contributed by atoms with E-state index in [1.54, 1.807) is 30.3 Å². The molecule has 1 heterocycles. The van der Waals surface area contributed by atoms with Gasteiger partial charge in [0, 0.05) is 28.6 Å². The van der Waals surface area contributed by atoms with Crippen molar-refractivity contribution < 1.29 is 54.3 Å². The average Bonchev–Trinajstić information content (AvgIpc) is 3.42. The standard InChI is InChI=1S/C31H30F3N3O5.Ni/c32-31(33,34)23(18-26(38)39)28(30(41)42)36-27(21-12-5-2-6-13-21)22-14-7-8-15-24(22)35-29(40)25-16-9-17-37(25)19-20-10-3-1-4-11-20;/h1-8,10-15,23,25,28H,9,16-19H2,(H3,35,36,38,39,40,41,42);/p-1. The Labute approximate surface area is 256 Å². The number of alkyl halides is 3. The van der Waals surface area contributed by atoms with E-state index in [-0.39, 0.29) is 39.0 Å². The molecule has 2 N–H and O–H groups in total. The number of carbonyl (C=O) groups is 3. The maximum Gasteiger partial charge on any atom is 0.395 e. The third-order valence-corrected chi connectivity index (χ3v) is 7.03. The van der Waals surface area contributed by atoms with Gasteiger partial charge in [0.25, 0.3) is 0 Å². The molecule has 0 bridgehead atoms. The quantitative estimate of drug-likeness (QED) is 0.202. The van der Waals surface area contributed by atoms with Gasteiger partial charge in [0.1, 0.15) is 0 Å². The van der Waals surface area contributed by atoms with Crippen LogP contribution in [0, 0.1) is 5.92 Å². The third-order valence-electron chi connectivity index (χ3n) is 7.03. The van der Waals surface area contributed by atoms with Gasteiger partial charge in [0.05, 0.1) is 30.0 Å². The average molecular weight is 639 g/mol. The first-order chi connectivity index (χ1) is 20.0. The van der Waals surface area contributed by atoms with Crippen molar-refractivity contribution in [3.8, 4) is 0 Å². The summed E-state index contributed by atoms with van der Waals surface area (Å²) in [5, 5.41) is 23.2. The number of amides is 1. The number of carboxylic acids is 2. The first-order valence-corrected chi connectivity index (χ1v) is 13.3. The molecule has 3 unspecified atom stereocenters. The zero-order valence-electron chi connectivity index (χ0n) is 22.8. The number of carbonyl (C=O) groups excluding carboxylic acids is 1. The number of hydrogen-bond acceptors (Lipinski definition) is 5. The monoisotopic (exact) mass is 638 g/mol. The van der Waals surface area contributed by atoms with E-state index in [2.05, 4.69) is 10.3 Å². The van der Waals surface area contributed by atoms with Gasteiger partial charge in [0.2, 0.25) is 0 Å². The Hall–Kier alpha value is -4.02. The van der Waals surface area contributed by atoms with Crippen molar-refractivity contribution in [3.63, 3.8) is 0 Å². The summed E-state index contributed by atoms with van der Waals surface area (Å²) in [6, 6.07) is 20.8. The van der Waals surface area contributed by atoms with E-state index >= 15 is 0 Å². The van der Waals surface area contributed by atoms with Gasteiger partial charge in [-0.3, -0.25) is 14.7 Å². The van der Waals surface area contributed by atoms with Crippen LogP contribution in [0.15, 0.2) is 89.9 Å². The molecule has 1 saturated heterocycles. The summed E-state index contributed by atoms with van der Waals surface area (Å²) in [5.74, 6) is -6.96. The van der Waals surface area contributed by atoms with Crippen LogP contribution in [-0.2, 0) is 37.4 Å². The molecule has 1 fully saturated rings. The van der Waals surface area contributed by atoms with Gasteiger partial charge >= 0.3 is 18.1 Å². The molecule has 0 spiro atoms. The van der Waals surface area contributed by atoms with Crippen molar-refractivity contribution in [2.75, 3.05) is 6.54 Å². The normalized spacial score (nSPS) is 17.0. The molecule has 1 aliphatic heterocycles. The minimum absolute atomic E-state index is 0. The van der Waals surface area contributed by atoms with Crippen molar-refractivity contribution >= 4 is 29.2 Å². The topological polar surface area (TPSA) is 121 Å². The van der Waals surface area contributed by atoms with Gasteiger partial charge in [-0.1, -0.05) is 84.9 Å². The number of nitrogens with zero attached hydrogens (tertiary/aromatic N) is 3.